The highest BCUT2D eigenvalue weighted by Gasteiger charge is 2.17. The summed E-state index contributed by atoms with van der Waals surface area (Å²) in [6, 6.07) is 11.4. The van der Waals surface area contributed by atoms with Crippen LogP contribution in [0.25, 0.3) is 20.3 Å². The average molecular weight is 514 g/mol. The topological polar surface area (TPSA) is 126 Å². The average Bonchev–Trinajstić information content (AvgIpc) is 2.84. The Morgan fingerprint density at radius 1 is 0.833 bits per heavy atom. The normalized spacial score (nSPS) is 17.6. The molecule has 3 heterocycles. The first kappa shape index (κ1) is 26.1. The monoisotopic (exact) mass is 513 g/mol. The molecule has 0 radical (unpaired) electrons. The number of benzene rings is 1. The lowest BCUT2D eigenvalue weighted by atomic mass is 10.2. The van der Waals surface area contributed by atoms with E-state index in [0.717, 1.165) is 15.1 Å². The molecule has 1 fully saturated rings. The van der Waals surface area contributed by atoms with Crippen molar-refractivity contribution in [3.8, 4) is 0 Å². The Hall–Kier alpha value is -2.96. The van der Waals surface area contributed by atoms with E-state index < -0.39 is 11.9 Å². The fourth-order valence-corrected chi connectivity index (χ4v) is 5.42. The number of hydrogen-bond donors (Lipinski definition) is 3. The molecule has 1 saturated heterocycles. The first-order valence-corrected chi connectivity index (χ1v) is 12.8. The number of rotatable bonds is 6. The maximum atomic E-state index is 13.1. The molecule has 3 aromatic rings. The van der Waals surface area contributed by atoms with Gasteiger partial charge in [0.25, 0.3) is 0 Å². The summed E-state index contributed by atoms with van der Waals surface area (Å²) in [4.78, 5) is 46.4. The van der Waals surface area contributed by atoms with Gasteiger partial charge in [0.2, 0.25) is 5.43 Å². The molecule has 1 aliphatic heterocycles. The van der Waals surface area contributed by atoms with Gasteiger partial charge in [-0.2, -0.15) is 0 Å². The van der Waals surface area contributed by atoms with Crippen molar-refractivity contribution in [2.75, 3.05) is 65.4 Å². The van der Waals surface area contributed by atoms with Crippen LogP contribution < -0.4 is 10.7 Å². The van der Waals surface area contributed by atoms with E-state index in [1.54, 1.807) is 11.3 Å². The molecule has 0 atom stereocenters. The Morgan fingerprint density at radius 2 is 1.44 bits per heavy atom. The molecule has 2 aromatic heterocycles. The van der Waals surface area contributed by atoms with Gasteiger partial charge < -0.3 is 15.5 Å². The molecule has 1 aliphatic rings. The van der Waals surface area contributed by atoms with Crippen LogP contribution in [0.5, 0.6) is 0 Å². The standard InChI is InChI=1S/C25H31N5O5S/c31-22(32)16-28-9-7-26-8-10-29(17-23(33)34)12-14-30(13-11-28)15-18-5-6-21-24(27-18)25(35)19-3-1-2-4-20(19)36-21/h1-6,26H,7-17H2,(H,31,32)(H,33,34). The Morgan fingerprint density at radius 3 is 2.08 bits per heavy atom. The fourth-order valence-electron chi connectivity index (χ4n) is 4.40. The smallest absolute Gasteiger partial charge is 0.317 e. The van der Waals surface area contributed by atoms with Gasteiger partial charge in [-0.15, -0.1) is 11.3 Å². The van der Waals surface area contributed by atoms with Gasteiger partial charge in [0.15, 0.2) is 0 Å². The van der Waals surface area contributed by atoms with Gasteiger partial charge in [-0.05, 0) is 24.3 Å². The van der Waals surface area contributed by atoms with Crippen molar-refractivity contribution in [2.45, 2.75) is 6.54 Å². The first-order valence-electron chi connectivity index (χ1n) is 12.0. The lowest BCUT2D eigenvalue weighted by Crippen LogP contribution is -2.46. The van der Waals surface area contributed by atoms with E-state index in [4.69, 9.17) is 4.98 Å². The van der Waals surface area contributed by atoms with E-state index in [1.165, 1.54) is 0 Å². The molecular formula is C25H31N5O5S. The van der Waals surface area contributed by atoms with E-state index in [0.29, 0.717) is 69.8 Å². The molecule has 3 N–H and O–H groups in total. The molecule has 11 heteroatoms. The number of hydrogen-bond acceptors (Lipinski definition) is 9. The van der Waals surface area contributed by atoms with Crippen LogP contribution >= 0.6 is 11.3 Å². The molecule has 36 heavy (non-hydrogen) atoms. The van der Waals surface area contributed by atoms with Crippen molar-refractivity contribution in [1.82, 2.24) is 25.0 Å². The minimum absolute atomic E-state index is 0.0388. The highest BCUT2D eigenvalue weighted by atomic mass is 32.1. The van der Waals surface area contributed by atoms with Crippen LogP contribution in [0, 0.1) is 0 Å². The molecule has 10 nitrogen and oxygen atoms in total. The summed E-state index contributed by atoms with van der Waals surface area (Å²) in [5.74, 6) is -1.73. The molecule has 1 aromatic carbocycles. The van der Waals surface area contributed by atoms with E-state index in [-0.39, 0.29) is 18.5 Å². The number of nitrogens with one attached hydrogen (secondary N) is 1. The summed E-state index contributed by atoms with van der Waals surface area (Å²) >= 11 is 1.54. The summed E-state index contributed by atoms with van der Waals surface area (Å²) < 4.78 is 1.77. The van der Waals surface area contributed by atoms with Gasteiger partial charge in [-0.25, -0.2) is 4.98 Å². The number of aliphatic carboxylic acids is 2. The van der Waals surface area contributed by atoms with E-state index >= 15 is 0 Å². The van der Waals surface area contributed by atoms with Gasteiger partial charge in [0, 0.05) is 69.0 Å². The van der Waals surface area contributed by atoms with Gasteiger partial charge in [0.1, 0.15) is 5.52 Å². The predicted octanol–water partition coefficient (Wildman–Crippen LogP) is 0.988. The number of aromatic nitrogens is 1. The van der Waals surface area contributed by atoms with Gasteiger partial charge in [-0.3, -0.25) is 29.1 Å². The van der Waals surface area contributed by atoms with Gasteiger partial charge in [0.05, 0.1) is 23.5 Å². The molecule has 0 bridgehead atoms. The summed E-state index contributed by atoms with van der Waals surface area (Å²) in [7, 11) is 0. The Bertz CT molecular complexity index is 1250. The molecule has 0 aliphatic carbocycles. The molecule has 4 rings (SSSR count). The molecule has 0 amide bonds. The van der Waals surface area contributed by atoms with Crippen LogP contribution in [-0.4, -0.2) is 107 Å². The van der Waals surface area contributed by atoms with E-state index in [9.17, 15) is 24.6 Å². The summed E-state index contributed by atoms with van der Waals surface area (Å²) in [5.41, 5.74) is 1.13. The number of carboxylic acid groups (broad SMARTS) is 2. The number of fused-ring (bicyclic) bond motifs is 2. The van der Waals surface area contributed by atoms with Crippen molar-refractivity contribution >= 4 is 43.6 Å². The summed E-state index contributed by atoms with van der Waals surface area (Å²) in [6.45, 7) is 5.13. The maximum Gasteiger partial charge on any atom is 0.317 e. The Labute approximate surface area is 212 Å². The van der Waals surface area contributed by atoms with E-state index in [1.807, 2.05) is 46.2 Å². The summed E-state index contributed by atoms with van der Waals surface area (Å²) in [6.07, 6.45) is 0. The van der Waals surface area contributed by atoms with Crippen molar-refractivity contribution in [1.29, 1.82) is 0 Å². The highest BCUT2D eigenvalue weighted by molar-refractivity contribution is 7.24. The number of nitrogens with zero attached hydrogens (tertiary/aromatic N) is 4. The minimum atomic E-state index is -0.867. The van der Waals surface area contributed by atoms with Crippen LogP contribution in [0.1, 0.15) is 5.69 Å². The zero-order chi connectivity index (χ0) is 25.5. The van der Waals surface area contributed by atoms with Crippen LogP contribution in [0.15, 0.2) is 41.2 Å². The second-order valence-electron chi connectivity index (χ2n) is 8.94. The Balaban J connectivity index is 1.56. The number of pyridine rings is 1. The number of carboxylic acids is 2. The Kier molecular flexibility index (Phi) is 8.94. The zero-order valence-corrected chi connectivity index (χ0v) is 20.9. The molecule has 192 valence electrons. The fraction of sp³-hybridized carbons (Fsp3) is 0.440. The second-order valence-corrected chi connectivity index (χ2v) is 10.0. The van der Waals surface area contributed by atoms with Crippen LogP contribution in [0.4, 0.5) is 0 Å². The third-order valence-corrected chi connectivity index (χ3v) is 7.39. The third-order valence-electron chi connectivity index (χ3n) is 6.26. The van der Waals surface area contributed by atoms with Crippen molar-refractivity contribution in [2.24, 2.45) is 0 Å². The zero-order valence-electron chi connectivity index (χ0n) is 20.1. The van der Waals surface area contributed by atoms with Crippen molar-refractivity contribution in [3.63, 3.8) is 0 Å². The van der Waals surface area contributed by atoms with Gasteiger partial charge >= 0.3 is 11.9 Å². The minimum Gasteiger partial charge on any atom is -0.480 e. The SMILES string of the molecule is O=C(O)CN1CCNCCN(CC(=O)O)CCN(Cc2ccc3sc4ccccc4c(=O)c3n2)CC1. The molecule has 0 saturated carbocycles. The molecular weight excluding hydrogens is 482 g/mol. The first-order chi connectivity index (χ1) is 17.4. The predicted molar refractivity (Wildman–Crippen MR) is 140 cm³/mol. The second kappa shape index (κ2) is 12.3. The number of carbonyl (C=O) groups is 2. The van der Waals surface area contributed by atoms with Crippen molar-refractivity contribution < 1.29 is 19.8 Å². The van der Waals surface area contributed by atoms with Crippen LogP contribution in [-0.2, 0) is 16.1 Å². The van der Waals surface area contributed by atoms with Gasteiger partial charge in [-0.1, -0.05) is 12.1 Å². The summed E-state index contributed by atoms with van der Waals surface area (Å²) in [5, 5.41) is 22.5. The van der Waals surface area contributed by atoms with Crippen LogP contribution in [0.2, 0.25) is 0 Å². The largest absolute Gasteiger partial charge is 0.480 e. The third kappa shape index (κ3) is 7.05. The molecule has 0 spiro atoms. The quantitative estimate of drug-likeness (QED) is 0.411. The highest BCUT2D eigenvalue weighted by Crippen LogP contribution is 2.23. The molecule has 0 unspecified atom stereocenters. The van der Waals surface area contributed by atoms with Crippen molar-refractivity contribution in [3.05, 3.63) is 52.3 Å². The van der Waals surface area contributed by atoms with Crippen LogP contribution in [0.3, 0.4) is 0 Å². The maximum absolute atomic E-state index is 13.1. The lowest BCUT2D eigenvalue weighted by Gasteiger charge is -2.30. The van der Waals surface area contributed by atoms with E-state index in [2.05, 4.69) is 10.2 Å². The lowest BCUT2D eigenvalue weighted by molar-refractivity contribution is -0.139.